The van der Waals surface area contributed by atoms with Crippen LogP contribution < -0.4 is 15.9 Å². The van der Waals surface area contributed by atoms with Gasteiger partial charge in [-0.3, -0.25) is 9.59 Å². The topological polar surface area (TPSA) is 114 Å². The zero-order chi connectivity index (χ0) is 13.5. The van der Waals surface area contributed by atoms with Crippen LogP contribution in [0.5, 0.6) is 11.5 Å². The van der Waals surface area contributed by atoms with Crippen LogP contribution in [-0.2, 0) is 9.59 Å². The first-order chi connectivity index (χ1) is 8.54. The van der Waals surface area contributed by atoms with Crippen molar-refractivity contribution in [2.75, 3.05) is 6.61 Å². The monoisotopic (exact) mass is 251 g/mol. The molecule has 7 heteroatoms. The van der Waals surface area contributed by atoms with E-state index in [1.807, 2.05) is 5.43 Å². The summed E-state index contributed by atoms with van der Waals surface area (Å²) in [6.45, 7) is 2.19. The van der Waals surface area contributed by atoms with E-state index < -0.39 is 11.8 Å². The molecule has 0 heterocycles. The number of aromatic hydroxyl groups is 1. The maximum absolute atomic E-state index is 10.8. The van der Waals surface area contributed by atoms with Gasteiger partial charge in [0.25, 0.3) is 0 Å². The molecule has 18 heavy (non-hydrogen) atoms. The Bertz CT molecular complexity index is 485. The van der Waals surface area contributed by atoms with Gasteiger partial charge >= 0.3 is 11.8 Å². The Morgan fingerprint density at radius 2 is 2.28 bits per heavy atom. The molecule has 96 valence electrons. The minimum atomic E-state index is -1.12. The van der Waals surface area contributed by atoms with Crippen molar-refractivity contribution >= 4 is 18.0 Å². The highest BCUT2D eigenvalue weighted by Gasteiger charge is 2.06. The number of nitrogens with zero attached hydrogens (tertiary/aromatic N) is 1. The largest absolute Gasteiger partial charge is 0.504 e. The quantitative estimate of drug-likeness (QED) is 0.388. The molecular weight excluding hydrogens is 238 g/mol. The highest BCUT2D eigenvalue weighted by Crippen LogP contribution is 2.25. The van der Waals surface area contributed by atoms with Crippen LogP contribution in [0.3, 0.4) is 0 Å². The fourth-order valence-electron chi connectivity index (χ4n) is 1.10. The van der Waals surface area contributed by atoms with Crippen LogP contribution in [0, 0.1) is 0 Å². The number of nitrogens with two attached hydrogens (primary N) is 1. The average Bonchev–Trinajstić information content (AvgIpc) is 2.33. The van der Waals surface area contributed by atoms with E-state index in [2.05, 4.69) is 5.10 Å². The van der Waals surface area contributed by atoms with E-state index in [-0.39, 0.29) is 5.75 Å². The van der Waals surface area contributed by atoms with E-state index in [1.165, 1.54) is 12.3 Å². The lowest BCUT2D eigenvalue weighted by molar-refractivity contribution is -0.137. The molecule has 0 spiro atoms. The van der Waals surface area contributed by atoms with Crippen molar-refractivity contribution in [3.05, 3.63) is 23.8 Å². The SMILES string of the molecule is CCOc1cc(/C=N/NC(=O)C(N)=O)ccc1O. The third kappa shape index (κ3) is 3.78. The molecule has 0 radical (unpaired) electrons. The van der Waals surface area contributed by atoms with Gasteiger partial charge < -0.3 is 15.6 Å². The predicted molar refractivity (Wildman–Crippen MR) is 64.2 cm³/mol. The van der Waals surface area contributed by atoms with Gasteiger partial charge in [-0.15, -0.1) is 0 Å². The molecule has 0 aliphatic rings. The van der Waals surface area contributed by atoms with Crippen molar-refractivity contribution in [2.24, 2.45) is 10.8 Å². The molecular formula is C11H13N3O4. The van der Waals surface area contributed by atoms with Crippen molar-refractivity contribution in [1.29, 1.82) is 0 Å². The Hall–Kier alpha value is -2.57. The first kappa shape index (κ1) is 13.5. The van der Waals surface area contributed by atoms with Crippen molar-refractivity contribution in [2.45, 2.75) is 6.92 Å². The third-order valence-corrected chi connectivity index (χ3v) is 1.89. The first-order valence-corrected chi connectivity index (χ1v) is 5.13. The Kier molecular flexibility index (Phi) is 4.67. The summed E-state index contributed by atoms with van der Waals surface area (Å²) in [5.74, 6) is -1.80. The van der Waals surface area contributed by atoms with E-state index in [0.29, 0.717) is 17.9 Å². The summed E-state index contributed by atoms with van der Waals surface area (Å²) in [6, 6.07) is 4.54. The maximum atomic E-state index is 10.8. The van der Waals surface area contributed by atoms with Crippen molar-refractivity contribution in [3.8, 4) is 11.5 Å². The molecule has 0 bridgehead atoms. The lowest BCUT2D eigenvalue weighted by Gasteiger charge is -2.05. The number of hydrogen-bond donors (Lipinski definition) is 3. The summed E-state index contributed by atoms with van der Waals surface area (Å²) >= 11 is 0. The molecule has 0 saturated carbocycles. The van der Waals surface area contributed by atoms with Crippen LogP contribution in [0.15, 0.2) is 23.3 Å². The summed E-state index contributed by atoms with van der Waals surface area (Å²) < 4.78 is 5.17. The van der Waals surface area contributed by atoms with Gasteiger partial charge in [-0.05, 0) is 30.7 Å². The number of primary amides is 1. The molecule has 0 aliphatic carbocycles. The second-order valence-electron chi connectivity index (χ2n) is 3.22. The summed E-state index contributed by atoms with van der Waals surface area (Å²) in [5.41, 5.74) is 7.25. The van der Waals surface area contributed by atoms with Crippen LogP contribution >= 0.6 is 0 Å². The summed E-state index contributed by atoms with van der Waals surface area (Å²) in [7, 11) is 0. The molecule has 0 aliphatic heterocycles. The number of benzene rings is 1. The van der Waals surface area contributed by atoms with E-state index in [1.54, 1.807) is 19.1 Å². The molecule has 2 amide bonds. The molecule has 0 aromatic heterocycles. The lowest BCUT2D eigenvalue weighted by Crippen LogP contribution is -2.32. The molecule has 0 saturated heterocycles. The Balaban J connectivity index is 2.73. The van der Waals surface area contributed by atoms with Crippen LogP contribution in [-0.4, -0.2) is 29.7 Å². The molecule has 7 nitrogen and oxygen atoms in total. The second kappa shape index (κ2) is 6.24. The number of carbonyl (C=O) groups is 2. The van der Waals surface area contributed by atoms with Gasteiger partial charge in [0.2, 0.25) is 0 Å². The molecule has 1 rings (SSSR count). The Morgan fingerprint density at radius 3 is 2.89 bits per heavy atom. The number of rotatable bonds is 4. The first-order valence-electron chi connectivity index (χ1n) is 5.13. The Labute approximate surface area is 103 Å². The third-order valence-electron chi connectivity index (χ3n) is 1.89. The molecule has 0 unspecified atom stereocenters. The fraction of sp³-hybridized carbons (Fsp3) is 0.182. The maximum Gasteiger partial charge on any atom is 0.329 e. The van der Waals surface area contributed by atoms with Gasteiger partial charge in [-0.1, -0.05) is 0 Å². The molecule has 1 aromatic rings. The number of phenols is 1. The zero-order valence-corrected chi connectivity index (χ0v) is 9.71. The number of hydrogen-bond acceptors (Lipinski definition) is 5. The van der Waals surface area contributed by atoms with Crippen LogP contribution in [0.25, 0.3) is 0 Å². The van der Waals surface area contributed by atoms with Crippen LogP contribution in [0.4, 0.5) is 0 Å². The number of ether oxygens (including phenoxy) is 1. The van der Waals surface area contributed by atoms with E-state index in [0.717, 1.165) is 0 Å². The van der Waals surface area contributed by atoms with Gasteiger partial charge in [0.05, 0.1) is 12.8 Å². The van der Waals surface area contributed by atoms with Gasteiger partial charge in [0.15, 0.2) is 11.5 Å². The number of amides is 2. The van der Waals surface area contributed by atoms with Gasteiger partial charge in [0, 0.05) is 0 Å². The number of carbonyl (C=O) groups excluding carboxylic acids is 2. The number of nitrogens with one attached hydrogen (secondary N) is 1. The standard InChI is InChI=1S/C11H13N3O4/c1-2-18-9-5-7(3-4-8(9)15)6-13-14-11(17)10(12)16/h3-6,15H,2H2,1H3,(H2,12,16)(H,14,17)/b13-6+. The molecule has 0 fully saturated rings. The summed E-state index contributed by atoms with van der Waals surface area (Å²) in [6.07, 6.45) is 1.29. The summed E-state index contributed by atoms with van der Waals surface area (Å²) in [4.78, 5) is 21.2. The van der Waals surface area contributed by atoms with Gasteiger partial charge in [-0.25, -0.2) is 5.43 Å². The number of hydrazone groups is 1. The smallest absolute Gasteiger partial charge is 0.329 e. The minimum Gasteiger partial charge on any atom is -0.504 e. The van der Waals surface area contributed by atoms with E-state index in [4.69, 9.17) is 10.5 Å². The van der Waals surface area contributed by atoms with E-state index in [9.17, 15) is 14.7 Å². The van der Waals surface area contributed by atoms with Crippen molar-refractivity contribution in [1.82, 2.24) is 5.43 Å². The van der Waals surface area contributed by atoms with E-state index >= 15 is 0 Å². The molecule has 1 aromatic carbocycles. The molecule has 4 N–H and O–H groups in total. The summed E-state index contributed by atoms with van der Waals surface area (Å²) in [5, 5.41) is 13.0. The fourth-order valence-corrected chi connectivity index (χ4v) is 1.10. The average molecular weight is 251 g/mol. The second-order valence-corrected chi connectivity index (χ2v) is 3.22. The normalized spacial score (nSPS) is 10.3. The molecule has 0 atom stereocenters. The van der Waals surface area contributed by atoms with Crippen LogP contribution in [0.1, 0.15) is 12.5 Å². The Morgan fingerprint density at radius 1 is 1.56 bits per heavy atom. The highest BCUT2D eigenvalue weighted by molar-refractivity contribution is 6.34. The van der Waals surface area contributed by atoms with Gasteiger partial charge in [-0.2, -0.15) is 5.10 Å². The number of phenolic OH excluding ortho intramolecular Hbond substituents is 1. The van der Waals surface area contributed by atoms with Crippen molar-refractivity contribution in [3.63, 3.8) is 0 Å². The zero-order valence-electron chi connectivity index (χ0n) is 9.71. The predicted octanol–water partition coefficient (Wildman–Crippen LogP) is -0.274. The highest BCUT2D eigenvalue weighted by atomic mass is 16.5. The minimum absolute atomic E-state index is 0.00942. The van der Waals surface area contributed by atoms with Crippen molar-refractivity contribution < 1.29 is 19.4 Å². The lowest BCUT2D eigenvalue weighted by atomic mass is 10.2. The van der Waals surface area contributed by atoms with Crippen LogP contribution in [0.2, 0.25) is 0 Å². The van der Waals surface area contributed by atoms with Gasteiger partial charge in [0.1, 0.15) is 0 Å².